The fourth-order valence-electron chi connectivity index (χ4n) is 2.52. The second-order valence-corrected chi connectivity index (χ2v) is 6.62. The van der Waals surface area contributed by atoms with Crippen molar-refractivity contribution in [1.29, 1.82) is 0 Å². The molecule has 2 aromatic carbocycles. The minimum absolute atomic E-state index is 0.180. The number of aryl methyl sites for hydroxylation is 1. The summed E-state index contributed by atoms with van der Waals surface area (Å²) in [6.45, 7) is 2.22. The Hall–Kier alpha value is -2.86. The molecule has 0 spiro atoms. The lowest BCUT2D eigenvalue weighted by Gasteiger charge is -2.25. The second-order valence-electron chi connectivity index (χ2n) is 5.76. The summed E-state index contributed by atoms with van der Waals surface area (Å²) in [6.07, 6.45) is -0.693. The van der Waals surface area contributed by atoms with Crippen LogP contribution in [0.5, 0.6) is 11.5 Å². The van der Waals surface area contributed by atoms with Gasteiger partial charge in [-0.3, -0.25) is 10.1 Å². The van der Waals surface area contributed by atoms with E-state index in [1.54, 1.807) is 6.07 Å². The third kappa shape index (κ3) is 3.34. The van der Waals surface area contributed by atoms with Crippen LogP contribution in [-0.4, -0.2) is 23.6 Å². The molecule has 4 rings (SSSR count). The molecule has 0 saturated carbocycles. The van der Waals surface area contributed by atoms with Crippen LogP contribution in [0.25, 0.3) is 11.3 Å². The van der Waals surface area contributed by atoms with Crippen molar-refractivity contribution >= 4 is 22.4 Å². The Labute approximate surface area is 149 Å². The molecule has 0 saturated heterocycles. The number of aromatic nitrogens is 1. The molecule has 5 nitrogen and oxygen atoms in total. The van der Waals surface area contributed by atoms with Crippen molar-refractivity contribution < 1.29 is 14.3 Å². The number of para-hydroxylation sites is 2. The van der Waals surface area contributed by atoms with E-state index in [4.69, 9.17) is 9.47 Å². The van der Waals surface area contributed by atoms with Crippen LogP contribution in [0.1, 0.15) is 5.56 Å². The summed E-state index contributed by atoms with van der Waals surface area (Å²) < 4.78 is 11.3. The van der Waals surface area contributed by atoms with Crippen molar-refractivity contribution in [2.24, 2.45) is 0 Å². The van der Waals surface area contributed by atoms with Gasteiger partial charge in [0.1, 0.15) is 6.61 Å². The monoisotopic (exact) mass is 352 g/mol. The Morgan fingerprint density at radius 3 is 2.72 bits per heavy atom. The molecule has 0 unspecified atom stereocenters. The first-order valence-electron chi connectivity index (χ1n) is 7.91. The first-order valence-corrected chi connectivity index (χ1v) is 8.79. The predicted molar refractivity (Wildman–Crippen MR) is 97.3 cm³/mol. The van der Waals surface area contributed by atoms with Gasteiger partial charge in [0.05, 0.1) is 5.69 Å². The highest BCUT2D eigenvalue weighted by Gasteiger charge is 2.27. The molecule has 1 atom stereocenters. The smallest absolute Gasteiger partial charge is 0.270 e. The molecule has 0 radical (unpaired) electrons. The highest BCUT2D eigenvalue weighted by molar-refractivity contribution is 7.14. The van der Waals surface area contributed by atoms with Gasteiger partial charge in [-0.15, -0.1) is 11.3 Å². The lowest BCUT2D eigenvalue weighted by molar-refractivity contribution is -0.125. The van der Waals surface area contributed by atoms with E-state index in [9.17, 15) is 4.79 Å². The summed E-state index contributed by atoms with van der Waals surface area (Å²) in [4.78, 5) is 16.9. The number of carbonyl (C=O) groups is 1. The van der Waals surface area contributed by atoms with Crippen LogP contribution in [0.4, 0.5) is 5.13 Å². The predicted octanol–water partition coefficient (Wildman–Crippen LogP) is 3.90. The number of benzene rings is 2. The number of thiazole rings is 1. The van der Waals surface area contributed by atoms with Crippen LogP contribution >= 0.6 is 11.3 Å². The van der Waals surface area contributed by atoms with E-state index in [1.165, 1.54) is 16.9 Å². The van der Waals surface area contributed by atoms with Gasteiger partial charge in [0, 0.05) is 10.9 Å². The van der Waals surface area contributed by atoms with Gasteiger partial charge in [0.15, 0.2) is 16.6 Å². The molecule has 25 heavy (non-hydrogen) atoms. The zero-order valence-corrected chi connectivity index (χ0v) is 14.4. The zero-order valence-electron chi connectivity index (χ0n) is 13.6. The topological polar surface area (TPSA) is 60.5 Å². The molecular formula is C19H16N2O3S. The molecule has 1 N–H and O–H groups in total. The van der Waals surface area contributed by atoms with Crippen molar-refractivity contribution in [3.05, 3.63) is 59.5 Å². The third-order valence-corrected chi connectivity index (χ3v) is 4.64. The van der Waals surface area contributed by atoms with E-state index in [1.807, 2.05) is 54.8 Å². The van der Waals surface area contributed by atoms with Crippen molar-refractivity contribution in [2.45, 2.75) is 13.0 Å². The van der Waals surface area contributed by atoms with Gasteiger partial charge in [-0.25, -0.2) is 4.98 Å². The number of rotatable bonds is 3. The minimum Gasteiger partial charge on any atom is -0.485 e. The molecule has 1 aliphatic rings. The van der Waals surface area contributed by atoms with Gasteiger partial charge in [-0.05, 0) is 19.1 Å². The molecule has 0 aliphatic carbocycles. The number of ether oxygens (including phenoxy) is 2. The number of carbonyl (C=O) groups excluding carboxylic acids is 1. The van der Waals surface area contributed by atoms with Crippen molar-refractivity contribution in [3.63, 3.8) is 0 Å². The molecule has 1 aliphatic heterocycles. The molecule has 126 valence electrons. The minimum atomic E-state index is -0.693. The maximum Gasteiger partial charge on any atom is 0.270 e. The number of fused-ring (bicyclic) bond motifs is 1. The number of nitrogens with one attached hydrogen (secondary N) is 1. The first kappa shape index (κ1) is 15.7. The van der Waals surface area contributed by atoms with Gasteiger partial charge in [-0.1, -0.05) is 42.0 Å². The maximum absolute atomic E-state index is 12.4. The Kier molecular flexibility index (Phi) is 4.11. The van der Waals surface area contributed by atoms with Crippen LogP contribution in [0.2, 0.25) is 0 Å². The van der Waals surface area contributed by atoms with Gasteiger partial charge in [0.25, 0.3) is 5.91 Å². The van der Waals surface area contributed by atoms with E-state index in [0.717, 1.165) is 11.3 Å². The Balaban J connectivity index is 1.44. The average molecular weight is 352 g/mol. The van der Waals surface area contributed by atoms with Crippen LogP contribution < -0.4 is 14.8 Å². The van der Waals surface area contributed by atoms with Crippen LogP contribution in [0, 0.1) is 6.92 Å². The maximum atomic E-state index is 12.4. The molecule has 1 aromatic heterocycles. The number of nitrogens with zero attached hydrogens (tertiary/aromatic N) is 1. The lowest BCUT2D eigenvalue weighted by Crippen LogP contribution is -2.40. The van der Waals surface area contributed by atoms with Crippen LogP contribution in [-0.2, 0) is 4.79 Å². The van der Waals surface area contributed by atoms with Crippen LogP contribution in [0.15, 0.2) is 53.9 Å². The second kappa shape index (κ2) is 6.57. The van der Waals surface area contributed by atoms with Gasteiger partial charge in [-0.2, -0.15) is 0 Å². The van der Waals surface area contributed by atoms with Gasteiger partial charge >= 0.3 is 0 Å². The lowest BCUT2D eigenvalue weighted by atomic mass is 10.1. The highest BCUT2D eigenvalue weighted by atomic mass is 32.1. The standard InChI is InChI=1S/C19H16N2O3S/c1-12-6-8-13(9-7-12)14-11-25-19(20-14)21-18(22)17-10-23-15-4-2-3-5-16(15)24-17/h2-9,11,17H,10H2,1H3,(H,20,21,22)/t17-/m0/s1. The SMILES string of the molecule is Cc1ccc(-c2csc(NC(=O)[C@@H]3COc4ccccc4O3)n2)cc1. The fourth-order valence-corrected chi connectivity index (χ4v) is 3.25. The summed E-state index contributed by atoms with van der Waals surface area (Å²) >= 11 is 1.39. The molecule has 1 amide bonds. The molecule has 6 heteroatoms. The van der Waals surface area contributed by atoms with Crippen LogP contribution in [0.3, 0.4) is 0 Å². The Bertz CT molecular complexity index is 905. The molecule has 0 fully saturated rings. The number of hydrogen-bond acceptors (Lipinski definition) is 5. The third-order valence-electron chi connectivity index (χ3n) is 3.88. The summed E-state index contributed by atoms with van der Waals surface area (Å²) in [5.74, 6) is 0.968. The Morgan fingerprint density at radius 2 is 1.92 bits per heavy atom. The van der Waals surface area contributed by atoms with E-state index in [2.05, 4.69) is 10.3 Å². The number of hydrogen-bond donors (Lipinski definition) is 1. The number of anilines is 1. The fraction of sp³-hybridized carbons (Fsp3) is 0.158. The van der Waals surface area contributed by atoms with Crippen molar-refractivity contribution in [2.75, 3.05) is 11.9 Å². The molecular weight excluding hydrogens is 336 g/mol. The van der Waals surface area contributed by atoms with Crippen molar-refractivity contribution in [1.82, 2.24) is 4.98 Å². The average Bonchev–Trinajstić information content (AvgIpc) is 3.10. The quantitative estimate of drug-likeness (QED) is 0.777. The van der Waals surface area contributed by atoms with Crippen molar-refractivity contribution in [3.8, 4) is 22.8 Å². The zero-order chi connectivity index (χ0) is 17.2. The number of amides is 1. The van der Waals surface area contributed by atoms with E-state index >= 15 is 0 Å². The van der Waals surface area contributed by atoms with E-state index < -0.39 is 6.10 Å². The normalized spacial score (nSPS) is 15.6. The van der Waals surface area contributed by atoms with Gasteiger partial charge < -0.3 is 9.47 Å². The van der Waals surface area contributed by atoms with E-state index in [-0.39, 0.29) is 12.5 Å². The summed E-state index contributed by atoms with van der Waals surface area (Å²) in [6, 6.07) is 15.4. The summed E-state index contributed by atoms with van der Waals surface area (Å²) in [7, 11) is 0. The Morgan fingerprint density at radius 1 is 1.16 bits per heavy atom. The van der Waals surface area contributed by atoms with Gasteiger partial charge in [0.2, 0.25) is 6.10 Å². The molecule has 0 bridgehead atoms. The molecule has 3 aromatic rings. The van der Waals surface area contributed by atoms with E-state index in [0.29, 0.717) is 16.6 Å². The molecule has 2 heterocycles. The first-order chi connectivity index (χ1) is 12.2. The largest absolute Gasteiger partial charge is 0.485 e. The highest BCUT2D eigenvalue weighted by Crippen LogP contribution is 2.31. The summed E-state index contributed by atoms with van der Waals surface area (Å²) in [5, 5.41) is 5.28. The summed E-state index contributed by atoms with van der Waals surface area (Å²) in [5.41, 5.74) is 3.06.